The number of hydrogen-bond acceptors (Lipinski definition) is 4. The van der Waals surface area contributed by atoms with Crippen molar-refractivity contribution in [1.82, 2.24) is 4.98 Å². The Morgan fingerprint density at radius 3 is 2.31 bits per heavy atom. The Labute approximate surface area is 155 Å². The highest BCUT2D eigenvalue weighted by molar-refractivity contribution is 5.98. The minimum absolute atomic E-state index is 0.0353. The van der Waals surface area contributed by atoms with Crippen molar-refractivity contribution in [1.29, 1.82) is 0 Å². The second-order valence-corrected chi connectivity index (χ2v) is 8.94. The van der Waals surface area contributed by atoms with E-state index >= 15 is 0 Å². The first-order valence-corrected chi connectivity index (χ1v) is 10.2. The molecule has 2 heterocycles. The lowest BCUT2D eigenvalue weighted by atomic mass is 9.48. The van der Waals surface area contributed by atoms with E-state index in [1.54, 1.807) is 0 Å². The zero-order chi connectivity index (χ0) is 17.6. The fraction of sp³-hybridized carbons (Fsp3) is 0.636. The summed E-state index contributed by atoms with van der Waals surface area (Å²) in [5.74, 6) is 3.81. The van der Waals surface area contributed by atoms with Crippen LogP contribution in [-0.2, 0) is 9.53 Å². The Morgan fingerprint density at radius 2 is 1.73 bits per heavy atom. The second-order valence-electron chi connectivity index (χ2n) is 8.94. The van der Waals surface area contributed by atoms with Gasteiger partial charge in [-0.2, -0.15) is 0 Å². The van der Waals surface area contributed by atoms with E-state index in [9.17, 15) is 4.79 Å². The molecule has 1 aromatic rings. The maximum atomic E-state index is 13.1. The number of rotatable bonds is 4. The summed E-state index contributed by atoms with van der Waals surface area (Å²) < 4.78 is 5.39. The van der Waals surface area contributed by atoms with Crippen molar-refractivity contribution in [2.24, 2.45) is 23.2 Å². The van der Waals surface area contributed by atoms with Crippen molar-refractivity contribution in [2.75, 3.05) is 31.2 Å². The van der Waals surface area contributed by atoms with Crippen LogP contribution in [0, 0.1) is 23.2 Å². The maximum Gasteiger partial charge on any atom is 0.161 e. The monoisotopic (exact) mass is 352 g/mol. The number of carbonyl (C=O) groups is 1. The topological polar surface area (TPSA) is 42.4 Å². The molecule has 0 unspecified atom stereocenters. The number of ether oxygens (including phenoxy) is 1. The molecule has 4 saturated carbocycles. The number of nitrogens with zero attached hydrogens (tertiary/aromatic N) is 2. The maximum absolute atomic E-state index is 13.1. The van der Waals surface area contributed by atoms with Gasteiger partial charge < -0.3 is 9.64 Å². The first-order valence-electron chi connectivity index (χ1n) is 10.2. The van der Waals surface area contributed by atoms with Crippen LogP contribution in [-0.4, -0.2) is 37.1 Å². The number of morpholine rings is 1. The number of hydrogen-bond donors (Lipinski definition) is 0. The van der Waals surface area contributed by atoms with E-state index in [2.05, 4.69) is 22.0 Å². The standard InChI is InChI=1S/C22H28N2O2/c25-20(22-12-17-9-18(13-22)11-19(10-17)14-22)3-1-16-2-4-21(23-15-16)24-5-7-26-8-6-24/h1-4,15,17-19H,5-14H2. The Bertz CT molecular complexity index is 668. The Hall–Kier alpha value is -1.68. The Morgan fingerprint density at radius 1 is 1.08 bits per heavy atom. The number of aromatic nitrogens is 1. The normalized spacial score (nSPS) is 36.0. The van der Waals surface area contributed by atoms with Gasteiger partial charge in [-0.25, -0.2) is 4.98 Å². The molecule has 5 fully saturated rings. The molecule has 0 amide bonds. The van der Waals surface area contributed by atoms with Crippen LogP contribution < -0.4 is 4.90 Å². The van der Waals surface area contributed by atoms with Crippen LogP contribution in [0.2, 0.25) is 0 Å². The van der Waals surface area contributed by atoms with Gasteiger partial charge in [-0.15, -0.1) is 0 Å². The van der Waals surface area contributed by atoms with Gasteiger partial charge in [-0.05, 0) is 86.1 Å². The first kappa shape index (κ1) is 16.5. The fourth-order valence-corrected chi connectivity index (χ4v) is 6.24. The van der Waals surface area contributed by atoms with Gasteiger partial charge in [0.1, 0.15) is 5.82 Å². The van der Waals surface area contributed by atoms with Gasteiger partial charge in [0, 0.05) is 24.7 Å². The highest BCUT2D eigenvalue weighted by Crippen LogP contribution is 2.60. The van der Waals surface area contributed by atoms with Gasteiger partial charge in [-0.1, -0.05) is 0 Å². The molecule has 26 heavy (non-hydrogen) atoms. The van der Waals surface area contributed by atoms with Crippen molar-refractivity contribution in [3.8, 4) is 0 Å². The summed E-state index contributed by atoms with van der Waals surface area (Å²) in [6.07, 6.45) is 13.2. The summed E-state index contributed by atoms with van der Waals surface area (Å²) in [7, 11) is 0. The number of allylic oxidation sites excluding steroid dienone is 1. The van der Waals surface area contributed by atoms with Crippen LogP contribution in [0.5, 0.6) is 0 Å². The molecule has 1 aromatic heterocycles. The zero-order valence-corrected chi connectivity index (χ0v) is 15.4. The summed E-state index contributed by atoms with van der Waals surface area (Å²) >= 11 is 0. The molecular weight excluding hydrogens is 324 g/mol. The number of ketones is 1. The molecule has 0 atom stereocenters. The van der Waals surface area contributed by atoms with Crippen molar-refractivity contribution in [2.45, 2.75) is 38.5 Å². The molecule has 5 aliphatic rings. The summed E-state index contributed by atoms with van der Waals surface area (Å²) in [5, 5.41) is 0. The molecule has 0 aromatic carbocycles. The molecule has 4 aliphatic carbocycles. The molecule has 4 bridgehead atoms. The minimum Gasteiger partial charge on any atom is -0.378 e. The van der Waals surface area contributed by atoms with E-state index in [4.69, 9.17) is 4.74 Å². The summed E-state index contributed by atoms with van der Waals surface area (Å²) in [5.41, 5.74) is 0.979. The SMILES string of the molecule is O=C(C=Cc1ccc(N2CCOCC2)nc1)C12CC3CC(CC(C3)C1)C2. The van der Waals surface area contributed by atoms with Crippen molar-refractivity contribution in [3.05, 3.63) is 30.0 Å². The molecular formula is C22H28N2O2. The number of carbonyl (C=O) groups excluding carboxylic acids is 1. The molecule has 0 radical (unpaired) electrons. The average Bonchev–Trinajstić information content (AvgIpc) is 2.66. The Balaban J connectivity index is 1.27. The Kier molecular flexibility index (Phi) is 4.11. The predicted octanol–water partition coefficient (Wildman–Crippen LogP) is 3.72. The van der Waals surface area contributed by atoms with Gasteiger partial charge in [0.2, 0.25) is 0 Å². The fourth-order valence-electron chi connectivity index (χ4n) is 6.24. The van der Waals surface area contributed by atoms with Crippen LogP contribution in [0.4, 0.5) is 5.82 Å². The molecule has 6 rings (SSSR count). The minimum atomic E-state index is -0.0353. The third-order valence-electron chi connectivity index (χ3n) is 7.09. The van der Waals surface area contributed by atoms with Crippen molar-refractivity contribution >= 4 is 17.7 Å². The first-order chi connectivity index (χ1) is 12.7. The van der Waals surface area contributed by atoms with Gasteiger partial charge in [0.25, 0.3) is 0 Å². The van der Waals surface area contributed by atoms with E-state index in [-0.39, 0.29) is 5.41 Å². The van der Waals surface area contributed by atoms with Gasteiger partial charge >= 0.3 is 0 Å². The zero-order valence-electron chi connectivity index (χ0n) is 15.4. The molecule has 4 nitrogen and oxygen atoms in total. The molecule has 1 aliphatic heterocycles. The van der Waals surface area contributed by atoms with Crippen molar-refractivity contribution in [3.63, 3.8) is 0 Å². The van der Waals surface area contributed by atoms with Gasteiger partial charge in [0.15, 0.2) is 5.78 Å². The number of anilines is 1. The lowest BCUT2D eigenvalue weighted by molar-refractivity contribution is -0.138. The van der Waals surface area contributed by atoms with Crippen LogP contribution in [0.1, 0.15) is 44.1 Å². The summed E-state index contributed by atoms with van der Waals surface area (Å²) in [4.78, 5) is 19.9. The molecule has 138 valence electrons. The van der Waals surface area contributed by atoms with Gasteiger partial charge in [-0.3, -0.25) is 4.79 Å². The third-order valence-corrected chi connectivity index (χ3v) is 7.09. The van der Waals surface area contributed by atoms with Gasteiger partial charge in [0.05, 0.1) is 13.2 Å². The van der Waals surface area contributed by atoms with E-state index in [0.717, 1.165) is 74.7 Å². The third kappa shape index (κ3) is 2.98. The molecule has 0 N–H and O–H groups in total. The molecule has 1 saturated heterocycles. The highest BCUT2D eigenvalue weighted by Gasteiger charge is 2.53. The lowest BCUT2D eigenvalue weighted by Gasteiger charge is -2.55. The largest absolute Gasteiger partial charge is 0.378 e. The highest BCUT2D eigenvalue weighted by atomic mass is 16.5. The molecule has 4 heteroatoms. The summed E-state index contributed by atoms with van der Waals surface area (Å²) in [6.45, 7) is 3.32. The van der Waals surface area contributed by atoms with Crippen molar-refractivity contribution < 1.29 is 9.53 Å². The quantitative estimate of drug-likeness (QED) is 0.775. The van der Waals surface area contributed by atoms with Crippen LogP contribution >= 0.6 is 0 Å². The van der Waals surface area contributed by atoms with Crippen LogP contribution in [0.15, 0.2) is 24.4 Å². The number of pyridine rings is 1. The summed E-state index contributed by atoms with van der Waals surface area (Å²) in [6, 6.07) is 4.13. The average molecular weight is 352 g/mol. The van der Waals surface area contributed by atoms with E-state index < -0.39 is 0 Å². The van der Waals surface area contributed by atoms with E-state index in [0.29, 0.717) is 5.78 Å². The van der Waals surface area contributed by atoms with Crippen LogP contribution in [0.25, 0.3) is 6.08 Å². The van der Waals surface area contributed by atoms with E-state index in [1.807, 2.05) is 18.3 Å². The smallest absolute Gasteiger partial charge is 0.161 e. The van der Waals surface area contributed by atoms with E-state index in [1.165, 1.54) is 19.3 Å². The molecule has 0 spiro atoms. The lowest BCUT2D eigenvalue weighted by Crippen LogP contribution is -2.49. The predicted molar refractivity (Wildman–Crippen MR) is 102 cm³/mol. The van der Waals surface area contributed by atoms with Crippen LogP contribution in [0.3, 0.4) is 0 Å². The second kappa shape index (κ2) is 6.49.